The number of ether oxygens (including phenoxy) is 1. The largest absolute Gasteiger partial charge is 0.497 e. The second kappa shape index (κ2) is 5.97. The van der Waals surface area contributed by atoms with Crippen molar-refractivity contribution in [3.05, 3.63) is 24.3 Å². The number of methoxy groups -OCH3 is 1. The topological polar surface area (TPSA) is 67.4 Å². The molecule has 1 aliphatic heterocycles. The van der Waals surface area contributed by atoms with E-state index in [9.17, 15) is 9.59 Å². The van der Waals surface area contributed by atoms with Crippen LogP contribution in [0.25, 0.3) is 0 Å². The number of nitrogens with one attached hydrogen (secondary N) is 2. The summed E-state index contributed by atoms with van der Waals surface area (Å²) < 4.78 is 5.04. The van der Waals surface area contributed by atoms with E-state index in [1.54, 1.807) is 31.4 Å². The molecule has 0 radical (unpaired) electrons. The van der Waals surface area contributed by atoms with E-state index in [1.807, 2.05) is 6.92 Å². The number of carbonyl (C=O) groups excluding carboxylic acids is 2. The van der Waals surface area contributed by atoms with Crippen molar-refractivity contribution in [1.82, 2.24) is 5.32 Å². The summed E-state index contributed by atoms with van der Waals surface area (Å²) in [6.07, 6.45) is 0. The monoisotopic (exact) mass is 280 g/mol. The van der Waals surface area contributed by atoms with E-state index in [1.165, 1.54) is 11.8 Å². The van der Waals surface area contributed by atoms with Crippen LogP contribution in [-0.4, -0.2) is 36.0 Å². The Balaban J connectivity index is 1.95. The second-order valence-electron chi connectivity index (χ2n) is 4.25. The molecule has 2 amide bonds. The van der Waals surface area contributed by atoms with Crippen LogP contribution in [0.15, 0.2) is 24.3 Å². The van der Waals surface area contributed by atoms with Crippen LogP contribution in [0.1, 0.15) is 6.92 Å². The lowest BCUT2D eigenvalue weighted by atomic mass is 10.2. The number of benzene rings is 1. The third kappa shape index (κ3) is 3.41. The Morgan fingerprint density at radius 1 is 1.42 bits per heavy atom. The lowest BCUT2D eigenvalue weighted by molar-refractivity contribution is -0.125. The van der Waals surface area contributed by atoms with Gasteiger partial charge in [-0.3, -0.25) is 9.59 Å². The maximum absolute atomic E-state index is 12.0. The average molecular weight is 280 g/mol. The fourth-order valence-corrected chi connectivity index (χ4v) is 2.63. The summed E-state index contributed by atoms with van der Waals surface area (Å²) in [5.74, 6) is 1.03. The van der Waals surface area contributed by atoms with E-state index in [-0.39, 0.29) is 17.1 Å². The Bertz CT molecular complexity index is 475. The maximum atomic E-state index is 12.0. The fourth-order valence-electron chi connectivity index (χ4n) is 1.69. The van der Waals surface area contributed by atoms with E-state index in [2.05, 4.69) is 10.6 Å². The van der Waals surface area contributed by atoms with Crippen LogP contribution in [0.2, 0.25) is 0 Å². The van der Waals surface area contributed by atoms with Crippen molar-refractivity contribution in [1.29, 1.82) is 0 Å². The molecular formula is C13H16N2O3S. The van der Waals surface area contributed by atoms with E-state index in [4.69, 9.17) is 4.74 Å². The number of hydrogen-bond acceptors (Lipinski definition) is 4. The van der Waals surface area contributed by atoms with Gasteiger partial charge in [0.1, 0.15) is 11.8 Å². The van der Waals surface area contributed by atoms with E-state index >= 15 is 0 Å². The Labute approximate surface area is 116 Å². The van der Waals surface area contributed by atoms with Crippen molar-refractivity contribution < 1.29 is 14.3 Å². The van der Waals surface area contributed by atoms with Crippen LogP contribution in [0.3, 0.4) is 0 Å². The summed E-state index contributed by atoms with van der Waals surface area (Å²) >= 11 is 1.49. The predicted molar refractivity (Wildman–Crippen MR) is 75.5 cm³/mol. The predicted octanol–water partition coefficient (Wildman–Crippen LogP) is 1.25. The van der Waals surface area contributed by atoms with Gasteiger partial charge in [0.05, 0.1) is 12.4 Å². The second-order valence-corrected chi connectivity index (χ2v) is 5.63. The zero-order valence-corrected chi connectivity index (χ0v) is 11.6. The first-order valence-corrected chi connectivity index (χ1v) is 7.02. The summed E-state index contributed by atoms with van der Waals surface area (Å²) in [4.78, 5) is 23.5. The molecule has 0 aliphatic carbocycles. The zero-order chi connectivity index (χ0) is 13.8. The molecule has 1 fully saturated rings. The smallest absolute Gasteiger partial charge is 0.247 e. The third-order valence-corrected chi connectivity index (χ3v) is 4.11. The van der Waals surface area contributed by atoms with Crippen LogP contribution < -0.4 is 15.4 Å². The standard InChI is InChI=1S/C13H16N2O3S/c1-8-12(16)15-11(7-19-8)13(17)14-9-3-5-10(18-2)6-4-9/h3-6,8,11H,7H2,1-2H3,(H,14,17)(H,15,16)/t8-,11+/m1/s1. The minimum absolute atomic E-state index is 0.0915. The van der Waals surface area contributed by atoms with Crippen molar-refractivity contribution in [3.63, 3.8) is 0 Å². The first-order valence-electron chi connectivity index (χ1n) is 5.97. The van der Waals surface area contributed by atoms with Crippen molar-refractivity contribution in [2.45, 2.75) is 18.2 Å². The summed E-state index contributed by atoms with van der Waals surface area (Å²) in [5.41, 5.74) is 0.684. The third-order valence-electron chi connectivity index (χ3n) is 2.87. The number of amides is 2. The van der Waals surface area contributed by atoms with Gasteiger partial charge < -0.3 is 15.4 Å². The van der Waals surface area contributed by atoms with Crippen molar-refractivity contribution in [2.24, 2.45) is 0 Å². The van der Waals surface area contributed by atoms with Crippen LogP contribution >= 0.6 is 11.8 Å². The summed E-state index contributed by atoms with van der Waals surface area (Å²) in [7, 11) is 1.59. The van der Waals surface area contributed by atoms with E-state index in [0.717, 1.165) is 5.75 Å². The fraction of sp³-hybridized carbons (Fsp3) is 0.385. The maximum Gasteiger partial charge on any atom is 0.247 e. The normalized spacial score (nSPS) is 22.5. The van der Waals surface area contributed by atoms with Crippen LogP contribution in [0.5, 0.6) is 5.75 Å². The molecule has 2 rings (SSSR count). The van der Waals surface area contributed by atoms with Gasteiger partial charge in [0, 0.05) is 11.4 Å². The molecule has 1 heterocycles. The lowest BCUT2D eigenvalue weighted by Crippen LogP contribution is -2.51. The van der Waals surface area contributed by atoms with E-state index < -0.39 is 6.04 Å². The highest BCUT2D eigenvalue weighted by Gasteiger charge is 2.29. The Hall–Kier alpha value is -1.69. The Kier molecular flexibility index (Phi) is 4.31. The van der Waals surface area contributed by atoms with Crippen molar-refractivity contribution >= 4 is 29.3 Å². The molecule has 5 nitrogen and oxygen atoms in total. The Morgan fingerprint density at radius 3 is 2.68 bits per heavy atom. The SMILES string of the molecule is COc1ccc(NC(=O)[C@@H]2CS[C@H](C)C(=O)N2)cc1. The van der Waals surface area contributed by atoms with Gasteiger partial charge >= 0.3 is 0 Å². The molecule has 0 spiro atoms. The highest BCUT2D eigenvalue weighted by atomic mass is 32.2. The number of hydrogen-bond donors (Lipinski definition) is 2. The molecule has 0 aromatic heterocycles. The van der Waals surface area contributed by atoms with Crippen molar-refractivity contribution in [2.75, 3.05) is 18.2 Å². The molecular weight excluding hydrogens is 264 g/mol. The van der Waals surface area contributed by atoms with Gasteiger partial charge in [0.2, 0.25) is 11.8 Å². The van der Waals surface area contributed by atoms with E-state index in [0.29, 0.717) is 11.4 Å². The quantitative estimate of drug-likeness (QED) is 0.874. The number of rotatable bonds is 3. The van der Waals surface area contributed by atoms with Gasteiger partial charge in [-0.1, -0.05) is 0 Å². The van der Waals surface area contributed by atoms with Gasteiger partial charge in [-0.25, -0.2) is 0 Å². The van der Waals surface area contributed by atoms with Crippen LogP contribution in [0, 0.1) is 0 Å². The Morgan fingerprint density at radius 2 is 2.11 bits per heavy atom. The summed E-state index contributed by atoms with van der Waals surface area (Å²) in [6.45, 7) is 1.83. The highest BCUT2D eigenvalue weighted by Crippen LogP contribution is 2.19. The number of carbonyl (C=O) groups is 2. The molecule has 1 aromatic rings. The molecule has 102 valence electrons. The van der Waals surface area contributed by atoms with Crippen molar-refractivity contribution in [3.8, 4) is 5.75 Å². The molecule has 0 saturated carbocycles. The first kappa shape index (κ1) is 13.7. The van der Waals surface area contributed by atoms with Gasteiger partial charge in [-0.2, -0.15) is 0 Å². The molecule has 1 saturated heterocycles. The minimum Gasteiger partial charge on any atom is -0.497 e. The van der Waals surface area contributed by atoms with Gasteiger partial charge in [-0.15, -0.1) is 11.8 Å². The zero-order valence-electron chi connectivity index (χ0n) is 10.8. The summed E-state index contributed by atoms with van der Waals surface area (Å²) in [6, 6.07) is 6.59. The molecule has 1 aliphatic rings. The average Bonchev–Trinajstić information content (AvgIpc) is 2.42. The number of thioether (sulfide) groups is 1. The molecule has 0 unspecified atom stereocenters. The molecule has 1 aromatic carbocycles. The van der Waals surface area contributed by atoms with Gasteiger partial charge in [0.25, 0.3) is 0 Å². The molecule has 2 atom stereocenters. The molecule has 2 N–H and O–H groups in total. The molecule has 19 heavy (non-hydrogen) atoms. The highest BCUT2D eigenvalue weighted by molar-refractivity contribution is 8.00. The van der Waals surface area contributed by atoms with Gasteiger partial charge in [0.15, 0.2) is 0 Å². The lowest BCUT2D eigenvalue weighted by Gasteiger charge is -2.25. The van der Waals surface area contributed by atoms with Gasteiger partial charge in [-0.05, 0) is 31.2 Å². The molecule has 0 bridgehead atoms. The number of anilines is 1. The first-order chi connectivity index (χ1) is 9.10. The molecule has 6 heteroatoms. The summed E-state index contributed by atoms with van der Waals surface area (Å²) in [5, 5.41) is 5.40. The minimum atomic E-state index is -0.476. The van der Waals surface area contributed by atoms with Crippen LogP contribution in [-0.2, 0) is 9.59 Å². The van der Waals surface area contributed by atoms with Crippen LogP contribution in [0.4, 0.5) is 5.69 Å².